The lowest BCUT2D eigenvalue weighted by Crippen LogP contribution is -2.40. The van der Waals surface area contributed by atoms with Gasteiger partial charge in [0.1, 0.15) is 12.4 Å². The summed E-state index contributed by atoms with van der Waals surface area (Å²) < 4.78 is 5.75. The second-order valence-electron chi connectivity index (χ2n) is 6.80. The third kappa shape index (κ3) is 6.62. The van der Waals surface area contributed by atoms with Gasteiger partial charge in [-0.2, -0.15) is 0 Å². The number of aliphatic imine (C=N–C) groups is 1. The smallest absolute Gasteiger partial charge is 0.227 e. The number of rotatable bonds is 7. The maximum atomic E-state index is 11.8. The minimum atomic E-state index is 0. The fourth-order valence-corrected chi connectivity index (χ4v) is 3.20. The molecule has 3 rings (SSSR count). The Morgan fingerprint density at radius 1 is 1.17 bits per heavy atom. The highest BCUT2D eigenvalue weighted by molar-refractivity contribution is 14.0. The first-order valence-corrected chi connectivity index (χ1v) is 9.66. The lowest BCUT2D eigenvalue weighted by Gasteiger charge is -2.22. The molecule has 0 radical (unpaired) electrons. The summed E-state index contributed by atoms with van der Waals surface area (Å²) in [6.45, 7) is 2.80. The number of ether oxygens (including phenoxy) is 1. The molecule has 1 amide bonds. The minimum Gasteiger partial charge on any atom is -0.492 e. The van der Waals surface area contributed by atoms with E-state index in [1.165, 1.54) is 0 Å². The molecule has 6 nitrogen and oxygen atoms in total. The minimum absolute atomic E-state index is 0. The maximum Gasteiger partial charge on any atom is 0.227 e. The zero-order valence-electron chi connectivity index (χ0n) is 17.0. The van der Waals surface area contributed by atoms with Crippen LogP contribution in [0.25, 0.3) is 0 Å². The zero-order chi connectivity index (χ0) is 19.8. The van der Waals surface area contributed by atoms with E-state index < -0.39 is 0 Å². The Hall–Kier alpha value is -2.29. The number of nitrogens with zero attached hydrogens (tertiary/aromatic N) is 3. The van der Waals surface area contributed by atoms with E-state index in [0.717, 1.165) is 42.5 Å². The molecular formula is C22H29IN4O2. The van der Waals surface area contributed by atoms with Gasteiger partial charge in [0.2, 0.25) is 5.91 Å². The molecule has 0 bridgehead atoms. The second kappa shape index (κ2) is 11.6. The van der Waals surface area contributed by atoms with Crippen molar-refractivity contribution in [2.24, 2.45) is 4.99 Å². The molecule has 0 spiro atoms. The number of anilines is 1. The second-order valence-corrected chi connectivity index (χ2v) is 6.80. The van der Waals surface area contributed by atoms with Crippen molar-refractivity contribution in [2.45, 2.75) is 19.4 Å². The number of halogens is 1. The molecule has 7 heteroatoms. The highest BCUT2D eigenvalue weighted by atomic mass is 127. The van der Waals surface area contributed by atoms with Crippen molar-refractivity contribution in [3.63, 3.8) is 0 Å². The molecule has 0 unspecified atom stereocenters. The van der Waals surface area contributed by atoms with Crippen LogP contribution in [0.4, 0.5) is 5.69 Å². The number of guanidine groups is 1. The topological polar surface area (TPSA) is 57.2 Å². The van der Waals surface area contributed by atoms with E-state index in [9.17, 15) is 4.79 Å². The molecule has 0 atom stereocenters. The number of benzene rings is 2. The van der Waals surface area contributed by atoms with Crippen LogP contribution in [0.2, 0.25) is 0 Å². The highest BCUT2D eigenvalue weighted by Gasteiger charge is 2.21. The molecule has 2 aromatic carbocycles. The van der Waals surface area contributed by atoms with Crippen LogP contribution < -0.4 is 15.0 Å². The number of likely N-dealkylation sites (N-methyl/N-ethyl adjacent to an activating group) is 1. The fourth-order valence-electron chi connectivity index (χ4n) is 3.20. The van der Waals surface area contributed by atoms with E-state index >= 15 is 0 Å². The average molecular weight is 508 g/mol. The summed E-state index contributed by atoms with van der Waals surface area (Å²) in [5.41, 5.74) is 2.12. The van der Waals surface area contributed by atoms with Crippen molar-refractivity contribution in [1.29, 1.82) is 0 Å². The van der Waals surface area contributed by atoms with Crippen LogP contribution >= 0.6 is 24.0 Å². The summed E-state index contributed by atoms with van der Waals surface area (Å²) >= 11 is 0. The van der Waals surface area contributed by atoms with Crippen molar-refractivity contribution in [3.05, 3.63) is 60.2 Å². The first-order chi connectivity index (χ1) is 13.7. The predicted octanol–water partition coefficient (Wildman–Crippen LogP) is 3.52. The van der Waals surface area contributed by atoms with Crippen LogP contribution in [0.5, 0.6) is 5.75 Å². The number of carbonyl (C=O) groups is 1. The third-order valence-corrected chi connectivity index (χ3v) is 4.78. The SMILES string of the molecule is CN=C(NCc1ccc(N2CCCC2=O)cc1)N(C)CCOc1ccccc1.I. The number of hydrogen-bond acceptors (Lipinski definition) is 3. The van der Waals surface area contributed by atoms with Crippen LogP contribution in [0.3, 0.4) is 0 Å². The Bertz CT molecular complexity index is 796. The summed E-state index contributed by atoms with van der Waals surface area (Å²) in [6.07, 6.45) is 1.60. The van der Waals surface area contributed by atoms with Crippen LogP contribution in [0.1, 0.15) is 18.4 Å². The molecule has 1 fully saturated rings. The van der Waals surface area contributed by atoms with Crippen molar-refractivity contribution in [2.75, 3.05) is 38.7 Å². The quantitative estimate of drug-likeness (QED) is 0.354. The lowest BCUT2D eigenvalue weighted by atomic mass is 10.2. The first-order valence-electron chi connectivity index (χ1n) is 9.66. The Morgan fingerprint density at radius 2 is 1.90 bits per heavy atom. The molecule has 2 aromatic rings. The van der Waals surface area contributed by atoms with Gasteiger partial charge in [0.25, 0.3) is 0 Å². The van der Waals surface area contributed by atoms with E-state index in [0.29, 0.717) is 19.6 Å². The van der Waals surface area contributed by atoms with Gasteiger partial charge in [0, 0.05) is 39.3 Å². The monoisotopic (exact) mass is 508 g/mol. The van der Waals surface area contributed by atoms with Crippen LogP contribution in [-0.2, 0) is 11.3 Å². The molecular weight excluding hydrogens is 479 g/mol. The molecule has 1 N–H and O–H groups in total. The Morgan fingerprint density at radius 3 is 2.52 bits per heavy atom. The Kier molecular flexibility index (Phi) is 9.24. The van der Waals surface area contributed by atoms with Crippen molar-refractivity contribution in [3.8, 4) is 5.75 Å². The molecule has 156 valence electrons. The van der Waals surface area contributed by atoms with Gasteiger partial charge in [-0.05, 0) is 36.2 Å². The Labute approximate surface area is 190 Å². The zero-order valence-corrected chi connectivity index (χ0v) is 19.3. The standard InChI is InChI=1S/C22H28N4O2.HI/c1-23-22(25(2)15-16-28-20-7-4-3-5-8-20)24-17-18-10-12-19(13-11-18)26-14-6-9-21(26)27;/h3-5,7-8,10-13H,6,9,14-17H2,1-2H3,(H,23,24);1H. The first kappa shape index (κ1) is 23.0. The predicted molar refractivity (Wildman–Crippen MR) is 128 cm³/mol. The molecule has 1 aliphatic heterocycles. The average Bonchev–Trinajstić information content (AvgIpc) is 3.15. The molecule has 1 heterocycles. The van der Waals surface area contributed by atoms with Gasteiger partial charge in [-0.1, -0.05) is 30.3 Å². The van der Waals surface area contributed by atoms with Gasteiger partial charge >= 0.3 is 0 Å². The lowest BCUT2D eigenvalue weighted by molar-refractivity contribution is -0.117. The van der Waals surface area contributed by atoms with Crippen LogP contribution in [-0.4, -0.2) is 50.6 Å². The number of nitrogens with one attached hydrogen (secondary N) is 1. The van der Waals surface area contributed by atoms with Crippen molar-refractivity contribution in [1.82, 2.24) is 10.2 Å². The van der Waals surface area contributed by atoms with Crippen molar-refractivity contribution >= 4 is 41.5 Å². The number of amides is 1. The molecule has 0 saturated carbocycles. The normalized spacial score (nSPS) is 13.8. The number of carbonyl (C=O) groups excluding carboxylic acids is 1. The van der Waals surface area contributed by atoms with E-state index in [4.69, 9.17) is 4.74 Å². The van der Waals surface area contributed by atoms with E-state index in [1.54, 1.807) is 7.05 Å². The number of hydrogen-bond donors (Lipinski definition) is 1. The summed E-state index contributed by atoms with van der Waals surface area (Å²) in [5, 5.41) is 3.37. The van der Waals surface area contributed by atoms with Crippen LogP contribution in [0.15, 0.2) is 59.6 Å². The van der Waals surface area contributed by atoms with Gasteiger partial charge in [0.05, 0.1) is 6.54 Å². The third-order valence-electron chi connectivity index (χ3n) is 4.78. The Balaban J connectivity index is 0.00000300. The largest absolute Gasteiger partial charge is 0.492 e. The fraction of sp³-hybridized carbons (Fsp3) is 0.364. The molecule has 1 saturated heterocycles. The van der Waals surface area contributed by atoms with Gasteiger partial charge < -0.3 is 19.9 Å². The molecule has 1 aliphatic rings. The van der Waals surface area contributed by atoms with E-state index in [2.05, 4.69) is 22.4 Å². The van der Waals surface area contributed by atoms with E-state index in [-0.39, 0.29) is 29.9 Å². The molecule has 0 aromatic heterocycles. The van der Waals surface area contributed by atoms with Gasteiger partial charge in [-0.3, -0.25) is 9.79 Å². The summed E-state index contributed by atoms with van der Waals surface area (Å²) in [7, 11) is 3.77. The summed E-state index contributed by atoms with van der Waals surface area (Å²) in [4.78, 5) is 20.1. The van der Waals surface area contributed by atoms with Crippen LogP contribution in [0, 0.1) is 0 Å². The molecule has 0 aliphatic carbocycles. The van der Waals surface area contributed by atoms with Gasteiger partial charge in [0.15, 0.2) is 5.96 Å². The van der Waals surface area contributed by atoms with E-state index in [1.807, 2.05) is 59.3 Å². The highest BCUT2D eigenvalue weighted by Crippen LogP contribution is 2.21. The van der Waals surface area contributed by atoms with Gasteiger partial charge in [-0.15, -0.1) is 24.0 Å². The van der Waals surface area contributed by atoms with Gasteiger partial charge in [-0.25, -0.2) is 0 Å². The summed E-state index contributed by atoms with van der Waals surface area (Å²) in [6, 6.07) is 17.9. The molecule has 29 heavy (non-hydrogen) atoms. The number of para-hydroxylation sites is 1. The van der Waals surface area contributed by atoms with Crippen molar-refractivity contribution < 1.29 is 9.53 Å². The maximum absolute atomic E-state index is 11.8. The summed E-state index contributed by atoms with van der Waals surface area (Å²) in [5.74, 6) is 1.90.